The normalized spacial score (nSPS) is 12.3. The number of amides is 2. The van der Waals surface area contributed by atoms with Crippen LogP contribution in [0.3, 0.4) is 0 Å². The molecule has 2 amide bonds. The predicted octanol–water partition coefficient (Wildman–Crippen LogP) is -3.91. The number of carboxylic acids is 2. The van der Waals surface area contributed by atoms with E-state index in [1.54, 1.807) is 0 Å². The second kappa shape index (κ2) is 12.2. The molecule has 0 spiro atoms. The standard InChI is InChI=1S/C16H19N5O10S/c17-9(16(26)27)2-4-13(22)19-10(15(25)18-6-14(23)24)7-32-12-3-1-8(20(28)29)5-11(12)21(30)31/h1,3,5,9-10H,2,4,6-7,17H2,(H,18,25)(H,19,22)(H,23,24)(H,26,27)/p-1/t9-,10-/m0/s1. The van der Waals surface area contributed by atoms with E-state index in [1.807, 2.05) is 5.32 Å². The molecule has 5 N–H and O–H groups in total. The number of carboxylic acid groups (broad SMARTS) is 2. The van der Waals surface area contributed by atoms with E-state index in [2.05, 4.69) is 11.1 Å². The molecule has 0 unspecified atom stereocenters. The summed E-state index contributed by atoms with van der Waals surface area (Å²) < 4.78 is 0. The number of quaternary nitrogens is 1. The largest absolute Gasteiger partial charge is 0.548 e. The van der Waals surface area contributed by atoms with Gasteiger partial charge in [-0.3, -0.25) is 29.8 Å². The zero-order chi connectivity index (χ0) is 24.4. The molecule has 15 nitrogen and oxygen atoms in total. The molecule has 16 heteroatoms. The summed E-state index contributed by atoms with van der Waals surface area (Å²) in [7, 11) is 0. The van der Waals surface area contributed by atoms with Gasteiger partial charge >= 0.3 is 0 Å². The molecule has 0 saturated heterocycles. The zero-order valence-corrected chi connectivity index (χ0v) is 17.1. The fourth-order valence-electron chi connectivity index (χ4n) is 2.21. The van der Waals surface area contributed by atoms with Crippen LogP contribution in [0.5, 0.6) is 0 Å². The molecule has 0 aliphatic carbocycles. The van der Waals surface area contributed by atoms with Crippen LogP contribution in [-0.2, 0) is 19.2 Å². The van der Waals surface area contributed by atoms with Gasteiger partial charge in [0.2, 0.25) is 11.8 Å². The van der Waals surface area contributed by atoms with Crippen LogP contribution in [0.15, 0.2) is 23.1 Å². The molecule has 0 radical (unpaired) electrons. The minimum absolute atomic E-state index is 0.0395. The molecule has 0 heterocycles. The maximum atomic E-state index is 12.2. The Kier molecular flexibility index (Phi) is 9.97. The van der Waals surface area contributed by atoms with Crippen molar-refractivity contribution in [3.63, 3.8) is 0 Å². The van der Waals surface area contributed by atoms with Crippen molar-refractivity contribution in [2.24, 2.45) is 0 Å². The van der Waals surface area contributed by atoms with Gasteiger partial charge in [-0.25, -0.2) is 0 Å². The number of nitrogens with one attached hydrogen (secondary N) is 2. The number of carbonyl (C=O) groups is 4. The molecule has 0 aliphatic heterocycles. The van der Waals surface area contributed by atoms with Gasteiger partial charge in [-0.05, 0) is 6.07 Å². The van der Waals surface area contributed by atoms with Crippen molar-refractivity contribution >= 4 is 46.9 Å². The first-order valence-corrected chi connectivity index (χ1v) is 9.77. The average Bonchev–Trinajstić information content (AvgIpc) is 2.72. The van der Waals surface area contributed by atoms with E-state index in [4.69, 9.17) is 0 Å². The van der Waals surface area contributed by atoms with Gasteiger partial charge in [-0.15, -0.1) is 11.8 Å². The Morgan fingerprint density at radius 3 is 2.28 bits per heavy atom. The van der Waals surface area contributed by atoms with Crippen LogP contribution in [0.4, 0.5) is 11.4 Å². The third-order valence-corrected chi connectivity index (χ3v) is 5.02. The SMILES string of the molecule is [NH3+][C@@H](CCC(=O)N[C@@H](CSc1ccc([N+](=O)[O-])cc1[N+](=O)[O-])C(=O)NCC(=O)[O-])C(=O)[O-]. The Labute approximate surface area is 183 Å². The maximum Gasteiger partial charge on any atom is 0.289 e. The molecule has 1 aromatic rings. The van der Waals surface area contributed by atoms with E-state index in [0.717, 1.165) is 30.0 Å². The molecule has 0 bridgehead atoms. The Balaban J connectivity index is 2.96. The molecule has 2 atom stereocenters. The Morgan fingerprint density at radius 2 is 1.75 bits per heavy atom. The highest BCUT2D eigenvalue weighted by Crippen LogP contribution is 2.32. The molecule has 32 heavy (non-hydrogen) atoms. The third-order valence-electron chi connectivity index (χ3n) is 3.87. The Hall–Kier alpha value is -3.79. The molecular weight excluding hydrogens is 454 g/mol. The minimum Gasteiger partial charge on any atom is -0.548 e. The van der Waals surface area contributed by atoms with Crippen LogP contribution < -0.4 is 26.6 Å². The van der Waals surface area contributed by atoms with Crippen molar-refractivity contribution < 1.29 is 45.0 Å². The van der Waals surface area contributed by atoms with Crippen molar-refractivity contribution in [2.45, 2.75) is 29.8 Å². The van der Waals surface area contributed by atoms with Gasteiger partial charge in [0.25, 0.3) is 11.4 Å². The fourth-order valence-corrected chi connectivity index (χ4v) is 3.24. The van der Waals surface area contributed by atoms with Crippen molar-refractivity contribution in [2.75, 3.05) is 12.3 Å². The molecule has 1 aromatic carbocycles. The highest BCUT2D eigenvalue weighted by atomic mass is 32.2. The minimum atomic E-state index is -1.60. The van der Waals surface area contributed by atoms with Gasteiger partial charge < -0.3 is 36.2 Å². The number of hydrogen-bond donors (Lipinski definition) is 3. The van der Waals surface area contributed by atoms with Crippen molar-refractivity contribution in [3.8, 4) is 0 Å². The van der Waals surface area contributed by atoms with E-state index in [9.17, 15) is 49.6 Å². The summed E-state index contributed by atoms with van der Waals surface area (Å²) in [5, 5.41) is 47.6. The van der Waals surface area contributed by atoms with Crippen molar-refractivity contribution in [1.82, 2.24) is 10.6 Å². The lowest BCUT2D eigenvalue weighted by Crippen LogP contribution is -2.68. The van der Waals surface area contributed by atoms with Gasteiger partial charge in [0, 0.05) is 24.7 Å². The molecule has 0 aromatic heterocycles. The average molecular weight is 472 g/mol. The third kappa shape index (κ3) is 8.52. The van der Waals surface area contributed by atoms with Gasteiger partial charge in [-0.2, -0.15) is 0 Å². The maximum absolute atomic E-state index is 12.2. The number of nitrogens with zero attached hydrogens (tertiary/aromatic N) is 2. The quantitative estimate of drug-likeness (QED) is 0.142. The van der Waals surface area contributed by atoms with Crippen LogP contribution >= 0.6 is 11.8 Å². The van der Waals surface area contributed by atoms with Crippen LogP contribution in [0.2, 0.25) is 0 Å². The lowest BCUT2D eigenvalue weighted by Gasteiger charge is -2.19. The van der Waals surface area contributed by atoms with Gasteiger partial charge in [0.15, 0.2) is 0 Å². The molecule has 0 saturated carbocycles. The summed E-state index contributed by atoms with van der Waals surface area (Å²) in [5.74, 6) is -5.08. The fraction of sp³-hybridized carbons (Fsp3) is 0.375. The highest BCUT2D eigenvalue weighted by Gasteiger charge is 2.25. The van der Waals surface area contributed by atoms with Gasteiger partial charge in [-0.1, -0.05) is 0 Å². The zero-order valence-electron chi connectivity index (χ0n) is 16.3. The van der Waals surface area contributed by atoms with Crippen LogP contribution in [0.1, 0.15) is 12.8 Å². The topological polar surface area (TPSA) is 252 Å². The predicted molar refractivity (Wildman–Crippen MR) is 101 cm³/mol. The summed E-state index contributed by atoms with van der Waals surface area (Å²) in [5.41, 5.74) is 2.17. The molecule has 174 valence electrons. The monoisotopic (exact) mass is 472 g/mol. The first-order chi connectivity index (χ1) is 14.9. The second-order valence-electron chi connectivity index (χ2n) is 6.24. The molecular formula is C16H18N5O10S-. The number of nitro benzene ring substituents is 2. The number of aliphatic carboxylic acids is 2. The van der Waals surface area contributed by atoms with Crippen LogP contribution in [0.25, 0.3) is 0 Å². The number of benzene rings is 1. The number of carbonyl (C=O) groups excluding carboxylic acids is 4. The summed E-state index contributed by atoms with van der Waals surface area (Å²) in [4.78, 5) is 65.9. The van der Waals surface area contributed by atoms with Crippen LogP contribution in [0, 0.1) is 20.2 Å². The van der Waals surface area contributed by atoms with Gasteiger partial charge in [0.1, 0.15) is 12.1 Å². The Morgan fingerprint density at radius 1 is 1.09 bits per heavy atom. The van der Waals surface area contributed by atoms with Gasteiger partial charge in [0.05, 0.1) is 39.3 Å². The lowest BCUT2D eigenvalue weighted by atomic mass is 10.1. The summed E-state index contributed by atoms with van der Waals surface area (Å²) >= 11 is 0.718. The number of thioether (sulfide) groups is 1. The first kappa shape index (κ1) is 26.2. The van der Waals surface area contributed by atoms with E-state index in [-0.39, 0.29) is 23.5 Å². The van der Waals surface area contributed by atoms with E-state index in [1.165, 1.54) is 0 Å². The van der Waals surface area contributed by atoms with E-state index >= 15 is 0 Å². The summed E-state index contributed by atoms with van der Waals surface area (Å²) in [6.45, 7) is -0.862. The highest BCUT2D eigenvalue weighted by molar-refractivity contribution is 7.99. The Bertz CT molecular complexity index is 924. The number of non-ortho nitro benzene ring substituents is 1. The van der Waals surface area contributed by atoms with E-state index in [0.29, 0.717) is 0 Å². The second-order valence-corrected chi connectivity index (χ2v) is 7.30. The smallest absolute Gasteiger partial charge is 0.289 e. The number of nitro groups is 2. The molecule has 0 fully saturated rings. The van der Waals surface area contributed by atoms with Crippen molar-refractivity contribution in [1.29, 1.82) is 0 Å². The van der Waals surface area contributed by atoms with Crippen LogP contribution in [-0.4, -0.2) is 58.0 Å². The summed E-state index contributed by atoms with van der Waals surface area (Å²) in [6, 6.07) is 0.316. The number of hydrogen-bond acceptors (Lipinski definition) is 11. The van der Waals surface area contributed by atoms with E-state index < -0.39 is 63.6 Å². The van der Waals surface area contributed by atoms with Crippen molar-refractivity contribution in [3.05, 3.63) is 38.4 Å². The number of rotatable bonds is 13. The molecule has 1 rings (SSSR count). The lowest BCUT2D eigenvalue weighted by molar-refractivity contribution is -0.438. The summed E-state index contributed by atoms with van der Waals surface area (Å²) in [6.07, 6.45) is -0.530. The first-order valence-electron chi connectivity index (χ1n) is 8.78. The molecule has 0 aliphatic rings.